The molecule has 1 unspecified atom stereocenters. The molecule has 1 N–H and O–H groups in total. The smallest absolute Gasteiger partial charge is 0.251 e. The Morgan fingerprint density at radius 3 is 2.40 bits per heavy atom. The molecule has 0 spiro atoms. The third-order valence-electron chi connectivity index (χ3n) is 6.34. The lowest BCUT2D eigenvalue weighted by Crippen LogP contribution is -2.32. The Balaban J connectivity index is 1.57. The number of nitrogens with one attached hydrogen (secondary N) is 1. The van der Waals surface area contributed by atoms with Gasteiger partial charge in [-0.05, 0) is 72.5 Å². The molecule has 0 fully saturated rings. The minimum atomic E-state index is -0.528. The Morgan fingerprint density at radius 2 is 1.65 bits per heavy atom. The van der Waals surface area contributed by atoms with Crippen LogP contribution in [-0.2, 0) is 12.2 Å². The third-order valence-corrected chi connectivity index (χ3v) is 7.81. The van der Waals surface area contributed by atoms with Crippen molar-refractivity contribution in [1.82, 2.24) is 20.1 Å². The summed E-state index contributed by atoms with van der Waals surface area (Å²) >= 11 is 14.1. The van der Waals surface area contributed by atoms with Crippen molar-refractivity contribution < 1.29 is 9.18 Å². The van der Waals surface area contributed by atoms with E-state index in [0.29, 0.717) is 38.8 Å². The zero-order valence-electron chi connectivity index (χ0n) is 21.5. The number of thioether (sulfide) groups is 1. The SMILES string of the molecule is Cc1ccc(Cl)cc1-n1c(SCc2ccc(F)cc2)nnc1C(Cc1ccccc1)NC(=O)c1cccc(Cl)c1. The molecule has 0 aliphatic rings. The van der Waals surface area contributed by atoms with Gasteiger partial charge in [0.15, 0.2) is 11.0 Å². The molecule has 0 aliphatic carbocycles. The van der Waals surface area contributed by atoms with Crippen LogP contribution in [0.3, 0.4) is 0 Å². The maximum atomic E-state index is 13.5. The second-order valence-electron chi connectivity index (χ2n) is 9.25. The first-order chi connectivity index (χ1) is 19.4. The van der Waals surface area contributed by atoms with E-state index in [-0.39, 0.29) is 11.7 Å². The number of carbonyl (C=O) groups excluding carboxylic acids is 1. The second-order valence-corrected chi connectivity index (χ2v) is 11.1. The molecule has 1 amide bonds. The van der Waals surface area contributed by atoms with E-state index in [1.807, 2.05) is 60.0 Å². The van der Waals surface area contributed by atoms with Crippen molar-refractivity contribution in [2.75, 3.05) is 0 Å². The summed E-state index contributed by atoms with van der Waals surface area (Å²) in [6, 6.07) is 28.2. The van der Waals surface area contributed by atoms with Crippen LogP contribution in [0.4, 0.5) is 4.39 Å². The van der Waals surface area contributed by atoms with Crippen molar-refractivity contribution >= 4 is 40.9 Å². The number of halogens is 3. The molecule has 0 bridgehead atoms. The van der Waals surface area contributed by atoms with Crippen LogP contribution in [0.25, 0.3) is 5.69 Å². The fourth-order valence-electron chi connectivity index (χ4n) is 4.31. The van der Waals surface area contributed by atoms with E-state index in [2.05, 4.69) is 15.5 Å². The van der Waals surface area contributed by atoms with Crippen LogP contribution < -0.4 is 5.32 Å². The molecule has 40 heavy (non-hydrogen) atoms. The van der Waals surface area contributed by atoms with Gasteiger partial charge < -0.3 is 5.32 Å². The fraction of sp³-hybridized carbons (Fsp3) is 0.129. The summed E-state index contributed by atoms with van der Waals surface area (Å²) in [4.78, 5) is 13.4. The van der Waals surface area contributed by atoms with Gasteiger partial charge in [-0.15, -0.1) is 10.2 Å². The van der Waals surface area contributed by atoms with Gasteiger partial charge in [0.1, 0.15) is 5.82 Å². The summed E-state index contributed by atoms with van der Waals surface area (Å²) in [6.45, 7) is 1.99. The van der Waals surface area contributed by atoms with Crippen LogP contribution in [-0.4, -0.2) is 20.7 Å². The first kappa shape index (κ1) is 27.9. The van der Waals surface area contributed by atoms with Gasteiger partial charge in [0, 0.05) is 21.4 Å². The van der Waals surface area contributed by atoms with Crippen molar-refractivity contribution in [3.63, 3.8) is 0 Å². The largest absolute Gasteiger partial charge is 0.342 e. The summed E-state index contributed by atoms with van der Waals surface area (Å²) in [5, 5.41) is 14.0. The van der Waals surface area contributed by atoms with E-state index in [9.17, 15) is 9.18 Å². The van der Waals surface area contributed by atoms with Crippen LogP contribution in [0.5, 0.6) is 0 Å². The molecular formula is C31H25Cl2FN4OS. The molecule has 0 saturated carbocycles. The Labute approximate surface area is 246 Å². The Hall–Kier alpha value is -3.65. The molecule has 0 aliphatic heterocycles. The zero-order valence-corrected chi connectivity index (χ0v) is 23.8. The third kappa shape index (κ3) is 6.73. The van der Waals surface area contributed by atoms with Crippen LogP contribution >= 0.6 is 35.0 Å². The van der Waals surface area contributed by atoms with Crippen molar-refractivity contribution in [3.05, 3.63) is 141 Å². The predicted octanol–water partition coefficient (Wildman–Crippen LogP) is 8.03. The standard InChI is InChI=1S/C31H25Cl2FN4OS/c1-20-10-13-25(33)18-28(20)38-29(36-37-31(38)40-19-22-11-14-26(34)15-12-22)27(16-21-6-3-2-4-7-21)35-30(39)23-8-5-9-24(32)17-23/h2-15,17-18,27H,16,19H2,1H3,(H,35,39). The molecule has 4 aromatic carbocycles. The highest BCUT2D eigenvalue weighted by Gasteiger charge is 2.26. The average molecular weight is 592 g/mol. The van der Waals surface area contributed by atoms with Crippen molar-refractivity contribution in [1.29, 1.82) is 0 Å². The predicted molar refractivity (Wildman–Crippen MR) is 159 cm³/mol. The number of amides is 1. The minimum Gasteiger partial charge on any atom is -0.342 e. The molecule has 9 heteroatoms. The van der Waals surface area contributed by atoms with Gasteiger partial charge in [0.05, 0.1) is 11.7 Å². The van der Waals surface area contributed by atoms with Crippen LogP contribution in [0.15, 0.2) is 102 Å². The number of aryl methyl sites for hydroxylation is 1. The molecule has 5 nitrogen and oxygen atoms in total. The lowest BCUT2D eigenvalue weighted by atomic mass is 10.0. The highest BCUT2D eigenvalue weighted by atomic mass is 35.5. The normalized spacial score (nSPS) is 11.8. The van der Waals surface area contributed by atoms with E-state index >= 15 is 0 Å². The molecule has 1 heterocycles. The number of aromatic nitrogens is 3. The first-order valence-electron chi connectivity index (χ1n) is 12.6. The number of rotatable bonds is 9. The molecule has 1 atom stereocenters. The summed E-state index contributed by atoms with van der Waals surface area (Å²) in [5.41, 5.74) is 4.19. The van der Waals surface area contributed by atoms with Gasteiger partial charge in [-0.1, -0.05) is 89.6 Å². The number of benzene rings is 4. The van der Waals surface area contributed by atoms with Gasteiger partial charge in [-0.3, -0.25) is 9.36 Å². The van der Waals surface area contributed by atoms with E-state index in [1.165, 1.54) is 23.9 Å². The summed E-state index contributed by atoms with van der Waals surface area (Å²) in [5.74, 6) is 0.552. The summed E-state index contributed by atoms with van der Waals surface area (Å²) in [6.07, 6.45) is 0.480. The van der Waals surface area contributed by atoms with Crippen molar-refractivity contribution in [2.24, 2.45) is 0 Å². The number of nitrogens with zero attached hydrogens (tertiary/aromatic N) is 3. The molecule has 202 valence electrons. The highest BCUT2D eigenvalue weighted by molar-refractivity contribution is 7.98. The number of hydrogen-bond acceptors (Lipinski definition) is 4. The Bertz CT molecular complexity index is 1630. The van der Waals surface area contributed by atoms with E-state index in [4.69, 9.17) is 23.2 Å². The number of hydrogen-bond donors (Lipinski definition) is 1. The van der Waals surface area contributed by atoms with Crippen LogP contribution in [0.1, 0.15) is 38.9 Å². The van der Waals surface area contributed by atoms with Crippen molar-refractivity contribution in [2.45, 2.75) is 30.3 Å². The van der Waals surface area contributed by atoms with Gasteiger partial charge in [0.25, 0.3) is 5.91 Å². The molecule has 0 radical (unpaired) electrons. The Morgan fingerprint density at radius 1 is 0.900 bits per heavy atom. The molecule has 5 rings (SSSR count). The summed E-state index contributed by atoms with van der Waals surface area (Å²) in [7, 11) is 0. The van der Waals surface area contributed by atoms with Gasteiger partial charge in [-0.2, -0.15) is 0 Å². The van der Waals surface area contributed by atoms with Crippen LogP contribution in [0, 0.1) is 12.7 Å². The fourth-order valence-corrected chi connectivity index (χ4v) is 5.57. The van der Waals surface area contributed by atoms with Crippen LogP contribution in [0.2, 0.25) is 10.0 Å². The average Bonchev–Trinajstić information content (AvgIpc) is 3.38. The van der Waals surface area contributed by atoms with Gasteiger partial charge in [0.2, 0.25) is 0 Å². The topological polar surface area (TPSA) is 59.8 Å². The first-order valence-corrected chi connectivity index (χ1v) is 14.3. The van der Waals surface area contributed by atoms with E-state index in [1.54, 1.807) is 36.4 Å². The van der Waals surface area contributed by atoms with Crippen molar-refractivity contribution in [3.8, 4) is 5.69 Å². The van der Waals surface area contributed by atoms with E-state index in [0.717, 1.165) is 22.4 Å². The zero-order chi connectivity index (χ0) is 28.1. The lowest BCUT2D eigenvalue weighted by molar-refractivity contribution is 0.0934. The maximum Gasteiger partial charge on any atom is 0.251 e. The quantitative estimate of drug-likeness (QED) is 0.176. The maximum absolute atomic E-state index is 13.5. The molecular weight excluding hydrogens is 566 g/mol. The lowest BCUT2D eigenvalue weighted by Gasteiger charge is -2.21. The molecule has 0 saturated heterocycles. The van der Waals surface area contributed by atoms with E-state index < -0.39 is 6.04 Å². The number of carbonyl (C=O) groups is 1. The van der Waals surface area contributed by atoms with Gasteiger partial charge >= 0.3 is 0 Å². The highest BCUT2D eigenvalue weighted by Crippen LogP contribution is 2.32. The monoisotopic (exact) mass is 590 g/mol. The van der Waals surface area contributed by atoms with Gasteiger partial charge in [-0.25, -0.2) is 4.39 Å². The summed E-state index contributed by atoms with van der Waals surface area (Å²) < 4.78 is 15.4. The minimum absolute atomic E-state index is 0.277. The Kier molecular flexibility index (Phi) is 8.85. The second kappa shape index (κ2) is 12.7. The molecule has 1 aromatic heterocycles. The molecule has 5 aromatic rings.